The van der Waals surface area contributed by atoms with E-state index in [-0.39, 0.29) is 11.8 Å². The summed E-state index contributed by atoms with van der Waals surface area (Å²) in [4.78, 5) is 0. The third-order valence-electron chi connectivity index (χ3n) is 3.36. The van der Waals surface area contributed by atoms with Gasteiger partial charge in [-0.05, 0) is 18.3 Å². The second kappa shape index (κ2) is 4.28. The highest BCUT2D eigenvalue weighted by atomic mass is 14.5. The van der Waals surface area contributed by atoms with Crippen LogP contribution in [0.4, 0.5) is 0 Å². The normalized spacial score (nSPS) is 38.2. The lowest BCUT2D eigenvalue weighted by Gasteiger charge is -2.12. The van der Waals surface area contributed by atoms with Crippen LogP contribution in [0.3, 0.4) is 0 Å². The van der Waals surface area contributed by atoms with Gasteiger partial charge in [0.05, 0.1) is 24.0 Å². The van der Waals surface area contributed by atoms with Crippen LogP contribution in [0.1, 0.15) is 33.1 Å². The van der Waals surface area contributed by atoms with Crippen LogP contribution >= 0.6 is 0 Å². The first-order chi connectivity index (χ1) is 6.28. The van der Waals surface area contributed by atoms with Gasteiger partial charge >= 0.3 is 0 Å². The van der Waals surface area contributed by atoms with E-state index in [1.54, 1.807) is 0 Å². The highest BCUT2D eigenvalue weighted by molar-refractivity contribution is 5.08. The molecule has 1 fully saturated rings. The molecule has 0 amide bonds. The van der Waals surface area contributed by atoms with Crippen LogP contribution in [-0.4, -0.2) is 0 Å². The first-order valence-corrected chi connectivity index (χ1v) is 5.07. The Hall–Kier alpha value is -1.02. The molecule has 0 aromatic rings. The van der Waals surface area contributed by atoms with Gasteiger partial charge in [0.2, 0.25) is 0 Å². The lowest BCUT2D eigenvalue weighted by atomic mass is 9.88. The Bertz CT molecular complexity index is 220. The molecule has 70 valence electrons. The zero-order valence-corrected chi connectivity index (χ0v) is 8.33. The van der Waals surface area contributed by atoms with E-state index in [2.05, 4.69) is 26.0 Å². The van der Waals surface area contributed by atoms with Gasteiger partial charge in [-0.3, -0.25) is 0 Å². The summed E-state index contributed by atoms with van der Waals surface area (Å²) in [7, 11) is 0. The molecule has 0 saturated heterocycles. The van der Waals surface area contributed by atoms with Gasteiger partial charge in [-0.15, -0.1) is 0 Å². The molecule has 0 aromatic carbocycles. The number of rotatable bonds is 2. The van der Waals surface area contributed by atoms with E-state index in [0.29, 0.717) is 11.8 Å². The molecule has 4 atom stereocenters. The molecule has 0 aliphatic heterocycles. The fraction of sp³-hybridized carbons (Fsp3) is 0.818. The summed E-state index contributed by atoms with van der Waals surface area (Å²) < 4.78 is 0. The third kappa shape index (κ3) is 1.68. The Labute approximate surface area is 80.2 Å². The van der Waals surface area contributed by atoms with Crippen molar-refractivity contribution in [3.8, 4) is 12.1 Å². The molecule has 0 heterocycles. The predicted octanol–water partition coefficient (Wildman–Crippen LogP) is 2.72. The minimum atomic E-state index is -0.0139. The molecule has 2 heteroatoms. The molecule has 2 nitrogen and oxygen atoms in total. The minimum Gasteiger partial charge on any atom is -0.198 e. The van der Waals surface area contributed by atoms with Crippen molar-refractivity contribution >= 4 is 0 Å². The first kappa shape index (κ1) is 10.1. The Morgan fingerprint density at radius 2 is 1.38 bits per heavy atom. The summed E-state index contributed by atoms with van der Waals surface area (Å²) in [6.07, 6.45) is 3.14. The summed E-state index contributed by atoms with van der Waals surface area (Å²) >= 11 is 0. The molecule has 0 bridgehead atoms. The zero-order valence-electron chi connectivity index (χ0n) is 8.33. The van der Waals surface area contributed by atoms with Crippen molar-refractivity contribution < 1.29 is 0 Å². The van der Waals surface area contributed by atoms with Gasteiger partial charge in [0.15, 0.2) is 0 Å². The molecule has 0 spiro atoms. The maximum absolute atomic E-state index is 8.98. The van der Waals surface area contributed by atoms with Crippen LogP contribution < -0.4 is 0 Å². The van der Waals surface area contributed by atoms with Gasteiger partial charge in [0, 0.05) is 0 Å². The maximum atomic E-state index is 8.98. The largest absolute Gasteiger partial charge is 0.198 e. The number of nitriles is 2. The van der Waals surface area contributed by atoms with E-state index in [1.165, 1.54) is 0 Å². The van der Waals surface area contributed by atoms with Crippen LogP contribution in [0.15, 0.2) is 0 Å². The monoisotopic (exact) mass is 176 g/mol. The van der Waals surface area contributed by atoms with E-state index in [9.17, 15) is 0 Å². The SMILES string of the molecule is CCC1CC(CC)C(C#N)C1C#N. The molecule has 0 radical (unpaired) electrons. The fourth-order valence-corrected chi connectivity index (χ4v) is 2.48. The van der Waals surface area contributed by atoms with Crippen LogP contribution in [-0.2, 0) is 0 Å². The van der Waals surface area contributed by atoms with Crippen molar-refractivity contribution in [1.29, 1.82) is 10.5 Å². The van der Waals surface area contributed by atoms with E-state index < -0.39 is 0 Å². The number of hydrogen-bond donors (Lipinski definition) is 0. The van der Waals surface area contributed by atoms with Crippen molar-refractivity contribution in [2.45, 2.75) is 33.1 Å². The fourth-order valence-electron chi connectivity index (χ4n) is 2.48. The lowest BCUT2D eigenvalue weighted by molar-refractivity contribution is 0.411. The molecule has 13 heavy (non-hydrogen) atoms. The topological polar surface area (TPSA) is 47.6 Å². The molecule has 4 unspecified atom stereocenters. The molecule has 1 saturated carbocycles. The summed E-state index contributed by atoms with van der Waals surface area (Å²) in [6.45, 7) is 4.23. The van der Waals surface area contributed by atoms with Crippen LogP contribution in [0.2, 0.25) is 0 Å². The van der Waals surface area contributed by atoms with Gasteiger partial charge in [-0.1, -0.05) is 26.7 Å². The third-order valence-corrected chi connectivity index (χ3v) is 3.36. The molecule has 1 aliphatic carbocycles. The molecule has 0 N–H and O–H groups in total. The van der Waals surface area contributed by atoms with E-state index >= 15 is 0 Å². The van der Waals surface area contributed by atoms with Crippen molar-refractivity contribution in [3.05, 3.63) is 0 Å². The first-order valence-electron chi connectivity index (χ1n) is 5.07. The van der Waals surface area contributed by atoms with Crippen LogP contribution in [0, 0.1) is 46.3 Å². The van der Waals surface area contributed by atoms with Crippen molar-refractivity contribution in [2.24, 2.45) is 23.7 Å². The van der Waals surface area contributed by atoms with Gasteiger partial charge in [-0.2, -0.15) is 10.5 Å². The summed E-state index contributed by atoms with van der Waals surface area (Å²) in [5, 5.41) is 18.0. The van der Waals surface area contributed by atoms with Crippen LogP contribution in [0.5, 0.6) is 0 Å². The summed E-state index contributed by atoms with van der Waals surface area (Å²) in [5.41, 5.74) is 0. The predicted molar refractivity (Wildman–Crippen MR) is 50.4 cm³/mol. The number of nitrogens with zero attached hydrogens (tertiary/aromatic N) is 2. The van der Waals surface area contributed by atoms with Gasteiger partial charge in [-0.25, -0.2) is 0 Å². The molecule has 1 rings (SSSR count). The standard InChI is InChI=1S/C11H16N2/c1-3-8-5-9(4-2)11(7-13)10(8)6-12/h8-11H,3-5H2,1-2H3. The molecular formula is C11H16N2. The molecule has 1 aliphatic rings. The van der Waals surface area contributed by atoms with E-state index in [1.807, 2.05) is 0 Å². The highest BCUT2D eigenvalue weighted by Crippen LogP contribution is 2.43. The summed E-state index contributed by atoms with van der Waals surface area (Å²) in [5.74, 6) is 0.888. The average molecular weight is 176 g/mol. The molecule has 0 aromatic heterocycles. The maximum Gasteiger partial charge on any atom is 0.0672 e. The number of hydrogen-bond acceptors (Lipinski definition) is 2. The van der Waals surface area contributed by atoms with Gasteiger partial charge in [0.1, 0.15) is 0 Å². The lowest BCUT2D eigenvalue weighted by Crippen LogP contribution is -2.13. The van der Waals surface area contributed by atoms with Crippen molar-refractivity contribution in [1.82, 2.24) is 0 Å². The molecular weight excluding hydrogens is 160 g/mol. The van der Waals surface area contributed by atoms with Crippen molar-refractivity contribution in [2.75, 3.05) is 0 Å². The highest BCUT2D eigenvalue weighted by Gasteiger charge is 2.41. The second-order valence-corrected chi connectivity index (χ2v) is 3.88. The van der Waals surface area contributed by atoms with E-state index in [0.717, 1.165) is 19.3 Å². The Balaban J connectivity index is 2.80. The Kier molecular flexibility index (Phi) is 3.32. The van der Waals surface area contributed by atoms with Crippen molar-refractivity contribution in [3.63, 3.8) is 0 Å². The minimum absolute atomic E-state index is 0.0139. The summed E-state index contributed by atoms with van der Waals surface area (Å²) in [6, 6.07) is 4.62. The van der Waals surface area contributed by atoms with Gasteiger partial charge < -0.3 is 0 Å². The Morgan fingerprint density at radius 3 is 1.62 bits per heavy atom. The van der Waals surface area contributed by atoms with Gasteiger partial charge in [0.25, 0.3) is 0 Å². The average Bonchev–Trinajstić information content (AvgIpc) is 2.54. The Morgan fingerprint density at radius 1 is 1.00 bits per heavy atom. The zero-order chi connectivity index (χ0) is 9.84. The second-order valence-electron chi connectivity index (χ2n) is 3.88. The smallest absolute Gasteiger partial charge is 0.0672 e. The van der Waals surface area contributed by atoms with E-state index in [4.69, 9.17) is 10.5 Å². The van der Waals surface area contributed by atoms with Crippen LogP contribution in [0.25, 0.3) is 0 Å². The quantitative estimate of drug-likeness (QED) is 0.649.